The van der Waals surface area contributed by atoms with E-state index in [1.54, 1.807) is 0 Å². The fourth-order valence-electron chi connectivity index (χ4n) is 2.28. The highest BCUT2D eigenvalue weighted by molar-refractivity contribution is 5.62. The van der Waals surface area contributed by atoms with E-state index in [4.69, 9.17) is 0 Å². The molecule has 1 aliphatic heterocycles. The van der Waals surface area contributed by atoms with Crippen molar-refractivity contribution in [3.63, 3.8) is 0 Å². The molecule has 0 amide bonds. The van der Waals surface area contributed by atoms with Gasteiger partial charge in [-0.1, -0.05) is 6.08 Å². The lowest BCUT2D eigenvalue weighted by Gasteiger charge is -2.18. The van der Waals surface area contributed by atoms with E-state index < -0.39 is 0 Å². The van der Waals surface area contributed by atoms with Crippen LogP contribution in [0.2, 0.25) is 0 Å². The zero-order chi connectivity index (χ0) is 11.9. The van der Waals surface area contributed by atoms with Gasteiger partial charge in [0.1, 0.15) is 0 Å². The molecule has 0 unspecified atom stereocenters. The molecule has 1 aromatic rings. The van der Waals surface area contributed by atoms with Crippen LogP contribution in [0, 0.1) is 0 Å². The summed E-state index contributed by atoms with van der Waals surface area (Å²) in [6.07, 6.45) is 8.81. The molecule has 2 heterocycles. The SMILES string of the molecule is C/C(=C\CCN1CCCNCC1)c1cc[nH]c1. The first-order chi connectivity index (χ1) is 8.36. The molecule has 94 valence electrons. The number of allylic oxidation sites excluding steroid dienone is 1. The Labute approximate surface area is 104 Å². The van der Waals surface area contributed by atoms with Gasteiger partial charge in [0, 0.05) is 32.0 Å². The molecule has 2 N–H and O–H groups in total. The maximum Gasteiger partial charge on any atom is 0.0107 e. The van der Waals surface area contributed by atoms with Crippen LogP contribution in [0.15, 0.2) is 24.5 Å². The summed E-state index contributed by atoms with van der Waals surface area (Å²) < 4.78 is 0. The van der Waals surface area contributed by atoms with Crippen molar-refractivity contribution in [3.8, 4) is 0 Å². The van der Waals surface area contributed by atoms with E-state index in [-0.39, 0.29) is 0 Å². The number of aromatic nitrogens is 1. The van der Waals surface area contributed by atoms with Crippen molar-refractivity contribution >= 4 is 5.57 Å². The zero-order valence-electron chi connectivity index (χ0n) is 10.7. The van der Waals surface area contributed by atoms with Crippen molar-refractivity contribution in [2.24, 2.45) is 0 Å². The first-order valence-electron chi connectivity index (χ1n) is 6.59. The number of hydrogen-bond acceptors (Lipinski definition) is 2. The zero-order valence-corrected chi connectivity index (χ0v) is 10.7. The van der Waals surface area contributed by atoms with Crippen LogP contribution >= 0.6 is 0 Å². The largest absolute Gasteiger partial charge is 0.367 e. The summed E-state index contributed by atoms with van der Waals surface area (Å²) in [5.74, 6) is 0. The minimum atomic E-state index is 1.14. The molecule has 1 fully saturated rings. The summed E-state index contributed by atoms with van der Waals surface area (Å²) in [5, 5.41) is 3.44. The molecule has 3 nitrogen and oxygen atoms in total. The smallest absolute Gasteiger partial charge is 0.0107 e. The first kappa shape index (κ1) is 12.4. The summed E-state index contributed by atoms with van der Waals surface area (Å²) in [6.45, 7) is 8.12. The summed E-state index contributed by atoms with van der Waals surface area (Å²) >= 11 is 0. The Hall–Kier alpha value is -1.06. The quantitative estimate of drug-likeness (QED) is 0.834. The van der Waals surface area contributed by atoms with E-state index in [2.05, 4.69) is 40.5 Å². The normalized spacial score (nSPS) is 19.2. The Balaban J connectivity index is 1.76. The second-order valence-corrected chi connectivity index (χ2v) is 4.72. The molecule has 0 saturated carbocycles. The van der Waals surface area contributed by atoms with Gasteiger partial charge in [-0.3, -0.25) is 0 Å². The average Bonchev–Trinajstić information content (AvgIpc) is 2.75. The van der Waals surface area contributed by atoms with E-state index in [9.17, 15) is 0 Å². The highest BCUT2D eigenvalue weighted by atomic mass is 15.1. The molecule has 3 heteroatoms. The van der Waals surface area contributed by atoms with Crippen molar-refractivity contribution in [2.75, 3.05) is 32.7 Å². The van der Waals surface area contributed by atoms with Crippen LogP contribution in [0.25, 0.3) is 5.57 Å². The molecule has 0 aliphatic carbocycles. The van der Waals surface area contributed by atoms with Gasteiger partial charge in [0.15, 0.2) is 0 Å². The minimum absolute atomic E-state index is 1.14. The van der Waals surface area contributed by atoms with Gasteiger partial charge < -0.3 is 15.2 Å². The molecule has 0 aromatic carbocycles. The van der Waals surface area contributed by atoms with Gasteiger partial charge in [0.25, 0.3) is 0 Å². The van der Waals surface area contributed by atoms with Crippen molar-refractivity contribution in [1.29, 1.82) is 0 Å². The Kier molecular flexibility index (Phi) is 4.83. The molecule has 1 aromatic heterocycles. The maximum atomic E-state index is 3.44. The standard InChI is InChI=1S/C14H23N3/c1-13(14-5-7-16-12-14)4-2-9-17-10-3-6-15-8-11-17/h4-5,7,12,15-16H,2-3,6,8-11H2,1H3/b13-4+. The minimum Gasteiger partial charge on any atom is -0.367 e. The third-order valence-electron chi connectivity index (χ3n) is 3.38. The Morgan fingerprint density at radius 2 is 2.35 bits per heavy atom. The van der Waals surface area contributed by atoms with Gasteiger partial charge in [-0.2, -0.15) is 0 Å². The van der Waals surface area contributed by atoms with E-state index >= 15 is 0 Å². The van der Waals surface area contributed by atoms with Crippen LogP contribution < -0.4 is 5.32 Å². The fraction of sp³-hybridized carbons (Fsp3) is 0.571. The Morgan fingerprint density at radius 1 is 1.41 bits per heavy atom. The highest BCUT2D eigenvalue weighted by Crippen LogP contribution is 2.13. The Bertz CT molecular complexity index is 332. The lowest BCUT2D eigenvalue weighted by Crippen LogP contribution is -2.28. The summed E-state index contributed by atoms with van der Waals surface area (Å²) in [7, 11) is 0. The molecule has 1 saturated heterocycles. The summed E-state index contributed by atoms with van der Waals surface area (Å²) in [6, 6.07) is 2.13. The highest BCUT2D eigenvalue weighted by Gasteiger charge is 2.06. The van der Waals surface area contributed by atoms with Crippen LogP contribution in [0.1, 0.15) is 25.3 Å². The lowest BCUT2D eigenvalue weighted by molar-refractivity contribution is 0.298. The monoisotopic (exact) mass is 233 g/mol. The predicted molar refractivity (Wildman–Crippen MR) is 73.0 cm³/mol. The number of nitrogens with one attached hydrogen (secondary N) is 2. The number of rotatable bonds is 4. The molecule has 0 spiro atoms. The topological polar surface area (TPSA) is 31.1 Å². The molecular formula is C14H23N3. The van der Waals surface area contributed by atoms with Crippen molar-refractivity contribution in [1.82, 2.24) is 15.2 Å². The molecule has 1 aliphatic rings. The summed E-state index contributed by atoms with van der Waals surface area (Å²) in [4.78, 5) is 5.66. The number of nitrogens with zero attached hydrogens (tertiary/aromatic N) is 1. The van der Waals surface area contributed by atoms with Crippen LogP contribution in [0.3, 0.4) is 0 Å². The van der Waals surface area contributed by atoms with E-state index in [1.807, 2.05) is 6.20 Å². The van der Waals surface area contributed by atoms with Crippen LogP contribution in [-0.4, -0.2) is 42.6 Å². The van der Waals surface area contributed by atoms with Crippen LogP contribution in [0.5, 0.6) is 0 Å². The lowest BCUT2D eigenvalue weighted by atomic mass is 10.1. The molecule has 17 heavy (non-hydrogen) atoms. The second-order valence-electron chi connectivity index (χ2n) is 4.72. The molecular weight excluding hydrogens is 210 g/mol. The first-order valence-corrected chi connectivity index (χ1v) is 6.59. The van der Waals surface area contributed by atoms with E-state index in [0.717, 1.165) is 13.0 Å². The number of aromatic amines is 1. The summed E-state index contributed by atoms with van der Waals surface area (Å²) in [5.41, 5.74) is 2.68. The van der Waals surface area contributed by atoms with Gasteiger partial charge in [-0.15, -0.1) is 0 Å². The Morgan fingerprint density at radius 3 is 3.18 bits per heavy atom. The molecule has 2 rings (SSSR count). The molecule has 0 atom stereocenters. The van der Waals surface area contributed by atoms with Gasteiger partial charge >= 0.3 is 0 Å². The van der Waals surface area contributed by atoms with Gasteiger partial charge in [0.05, 0.1) is 0 Å². The molecule has 0 radical (unpaired) electrons. The van der Waals surface area contributed by atoms with Gasteiger partial charge in [-0.05, 0) is 50.1 Å². The van der Waals surface area contributed by atoms with Crippen LogP contribution in [-0.2, 0) is 0 Å². The third-order valence-corrected chi connectivity index (χ3v) is 3.38. The van der Waals surface area contributed by atoms with Gasteiger partial charge in [0.2, 0.25) is 0 Å². The number of hydrogen-bond donors (Lipinski definition) is 2. The maximum absolute atomic E-state index is 3.44. The van der Waals surface area contributed by atoms with Crippen molar-refractivity contribution in [3.05, 3.63) is 30.1 Å². The van der Waals surface area contributed by atoms with Crippen LogP contribution in [0.4, 0.5) is 0 Å². The second kappa shape index (κ2) is 6.62. The number of H-pyrrole nitrogens is 1. The van der Waals surface area contributed by atoms with Gasteiger partial charge in [-0.25, -0.2) is 0 Å². The van der Waals surface area contributed by atoms with E-state index in [1.165, 1.54) is 43.7 Å². The third kappa shape index (κ3) is 4.02. The average molecular weight is 233 g/mol. The fourth-order valence-corrected chi connectivity index (χ4v) is 2.28. The van der Waals surface area contributed by atoms with Crippen molar-refractivity contribution < 1.29 is 0 Å². The van der Waals surface area contributed by atoms with Crippen molar-refractivity contribution in [2.45, 2.75) is 19.8 Å². The predicted octanol–water partition coefficient (Wildman–Crippen LogP) is 2.10. The molecule has 0 bridgehead atoms. The van der Waals surface area contributed by atoms with E-state index in [0.29, 0.717) is 0 Å².